The van der Waals surface area contributed by atoms with Crippen molar-refractivity contribution in [3.8, 4) is 11.6 Å². The molecule has 0 bridgehead atoms. The molecule has 2 heterocycles. The Morgan fingerprint density at radius 3 is 2.68 bits per heavy atom. The highest BCUT2D eigenvalue weighted by Gasteiger charge is 2.28. The van der Waals surface area contributed by atoms with Gasteiger partial charge in [-0.3, -0.25) is 0 Å². The molecule has 4 rings (SSSR count). The van der Waals surface area contributed by atoms with E-state index < -0.39 is 0 Å². The van der Waals surface area contributed by atoms with Crippen LogP contribution in [0.3, 0.4) is 0 Å². The number of hydrogen-bond donors (Lipinski definition) is 0. The van der Waals surface area contributed by atoms with Crippen molar-refractivity contribution in [3.63, 3.8) is 0 Å². The summed E-state index contributed by atoms with van der Waals surface area (Å²) in [5, 5.41) is 7.79. The second-order valence-corrected chi connectivity index (χ2v) is 6.82. The summed E-state index contributed by atoms with van der Waals surface area (Å²) in [6.45, 7) is 0.314. The summed E-state index contributed by atoms with van der Waals surface area (Å²) in [6.07, 6.45) is 2.31. The van der Waals surface area contributed by atoms with E-state index in [0.717, 1.165) is 18.4 Å². The number of rotatable bonds is 5. The maximum absolute atomic E-state index is 12.3. The summed E-state index contributed by atoms with van der Waals surface area (Å²) in [7, 11) is 1.58. The summed E-state index contributed by atoms with van der Waals surface area (Å²) in [6, 6.07) is 11.4. The topological polar surface area (TPSA) is 74.8 Å². The molecule has 0 N–H and O–H groups in total. The third-order valence-electron chi connectivity index (χ3n) is 4.21. The number of benzene rings is 1. The van der Waals surface area contributed by atoms with Gasteiger partial charge in [0, 0.05) is 18.7 Å². The fourth-order valence-electron chi connectivity index (χ4n) is 2.81. The van der Waals surface area contributed by atoms with Crippen molar-refractivity contribution in [2.24, 2.45) is 7.05 Å². The second-order valence-electron chi connectivity index (χ2n) is 6.00. The minimum atomic E-state index is -0.283. The van der Waals surface area contributed by atoms with Gasteiger partial charge in [-0.25, -0.2) is 9.78 Å². The summed E-state index contributed by atoms with van der Waals surface area (Å²) < 4.78 is 9.13. The molecule has 1 saturated carbocycles. The Balaban J connectivity index is 1.74. The molecule has 0 atom stereocenters. The van der Waals surface area contributed by atoms with Crippen LogP contribution in [0.5, 0.6) is 5.88 Å². The average molecular weight is 402 g/mol. The first-order valence-electron chi connectivity index (χ1n) is 8.00. The molecule has 1 aliphatic rings. The van der Waals surface area contributed by atoms with E-state index in [9.17, 15) is 4.79 Å². The molecule has 0 spiro atoms. The van der Waals surface area contributed by atoms with Crippen LogP contribution in [0.1, 0.15) is 29.9 Å². The van der Waals surface area contributed by atoms with Crippen molar-refractivity contribution in [2.45, 2.75) is 25.4 Å². The van der Waals surface area contributed by atoms with E-state index in [1.54, 1.807) is 13.1 Å². The lowest BCUT2D eigenvalue weighted by atomic mass is 10.0. The fourth-order valence-corrected chi connectivity index (χ4v) is 3.13. The molecule has 1 fully saturated rings. The van der Waals surface area contributed by atoms with Crippen LogP contribution in [-0.4, -0.2) is 24.8 Å². The number of tetrazole rings is 1. The first kappa shape index (κ1) is 16.0. The third-order valence-corrected chi connectivity index (χ3v) is 4.65. The molecular formula is C17H16BrN5O2. The molecule has 0 amide bonds. The predicted molar refractivity (Wildman–Crippen MR) is 94.8 cm³/mol. The highest BCUT2D eigenvalue weighted by molar-refractivity contribution is 9.10. The van der Waals surface area contributed by atoms with E-state index in [1.807, 2.05) is 24.3 Å². The van der Waals surface area contributed by atoms with Crippen LogP contribution in [0.2, 0.25) is 0 Å². The van der Waals surface area contributed by atoms with Gasteiger partial charge in [0.25, 0.3) is 0 Å². The quantitative estimate of drug-likeness (QED) is 0.614. The summed E-state index contributed by atoms with van der Waals surface area (Å²) >= 11 is 3.34. The maximum atomic E-state index is 12.3. The zero-order valence-corrected chi connectivity index (χ0v) is 15.2. The van der Waals surface area contributed by atoms with Crippen molar-refractivity contribution >= 4 is 15.9 Å². The first-order valence-corrected chi connectivity index (χ1v) is 8.79. The number of hydrogen-bond acceptors (Lipinski definition) is 5. The largest absolute Gasteiger partial charge is 0.473 e. The number of aryl methyl sites for hydroxylation is 1. The van der Waals surface area contributed by atoms with E-state index in [4.69, 9.17) is 4.74 Å². The smallest absolute Gasteiger partial charge is 0.368 e. The molecule has 128 valence electrons. The van der Waals surface area contributed by atoms with Gasteiger partial charge in [-0.05, 0) is 62.8 Å². The molecule has 0 unspecified atom stereocenters. The van der Waals surface area contributed by atoms with E-state index in [-0.39, 0.29) is 5.69 Å². The van der Waals surface area contributed by atoms with Crippen LogP contribution in [0, 0.1) is 0 Å². The number of nitrogens with zero attached hydrogens (tertiary/aromatic N) is 5. The predicted octanol–water partition coefficient (Wildman–Crippen LogP) is 2.58. The molecule has 8 heteroatoms. The van der Waals surface area contributed by atoms with Crippen molar-refractivity contribution in [3.05, 3.63) is 62.6 Å². The Kier molecular flexibility index (Phi) is 4.12. The monoisotopic (exact) mass is 401 g/mol. The van der Waals surface area contributed by atoms with Crippen LogP contribution < -0.4 is 10.4 Å². The van der Waals surface area contributed by atoms with Gasteiger partial charge in [0.2, 0.25) is 5.88 Å². The highest BCUT2D eigenvalue weighted by atomic mass is 79.9. The molecule has 7 nitrogen and oxygen atoms in total. The van der Waals surface area contributed by atoms with Crippen molar-refractivity contribution in [2.75, 3.05) is 0 Å². The van der Waals surface area contributed by atoms with E-state index >= 15 is 0 Å². The normalized spacial score (nSPS) is 13.8. The molecule has 0 radical (unpaired) electrons. The van der Waals surface area contributed by atoms with Crippen molar-refractivity contribution in [1.29, 1.82) is 0 Å². The molecule has 0 saturated heterocycles. The van der Waals surface area contributed by atoms with E-state index in [0.29, 0.717) is 28.7 Å². The lowest BCUT2D eigenvalue weighted by Crippen LogP contribution is -2.23. The summed E-state index contributed by atoms with van der Waals surface area (Å²) in [5.41, 5.74) is 2.58. The number of halogens is 1. The maximum Gasteiger partial charge on any atom is 0.368 e. The van der Waals surface area contributed by atoms with Gasteiger partial charge in [0.05, 0.1) is 5.69 Å². The molecule has 3 aromatic rings. The molecule has 0 aliphatic heterocycles. The fraction of sp³-hybridized carbons (Fsp3) is 0.294. The lowest BCUT2D eigenvalue weighted by molar-refractivity contribution is 0.291. The lowest BCUT2D eigenvalue weighted by Gasteiger charge is -2.14. The standard InChI is InChI=1S/C17H16BrN5O2/c1-22-17(24)23(21-20-22)14-5-2-4-12(11-8-9-11)13(14)10-25-16-7-3-6-15(18)19-16/h2-7,11H,8-10H2,1H3. The number of ether oxygens (including phenoxy) is 1. The Hall–Kier alpha value is -2.48. The van der Waals surface area contributed by atoms with Crippen LogP contribution in [0.4, 0.5) is 0 Å². The molecular weight excluding hydrogens is 386 g/mol. The number of aromatic nitrogens is 5. The van der Waals surface area contributed by atoms with Gasteiger partial charge >= 0.3 is 5.69 Å². The van der Waals surface area contributed by atoms with Gasteiger partial charge in [-0.2, -0.15) is 9.36 Å². The molecule has 1 aromatic carbocycles. The second kappa shape index (κ2) is 6.44. The van der Waals surface area contributed by atoms with Crippen LogP contribution in [0.15, 0.2) is 45.8 Å². The third kappa shape index (κ3) is 3.21. The summed E-state index contributed by atoms with van der Waals surface area (Å²) in [4.78, 5) is 16.6. The van der Waals surface area contributed by atoms with Crippen LogP contribution >= 0.6 is 15.9 Å². The summed E-state index contributed by atoms with van der Waals surface area (Å²) in [5.74, 6) is 1.04. The first-order chi connectivity index (χ1) is 12.1. The Labute approximate surface area is 152 Å². The minimum absolute atomic E-state index is 0.283. The number of pyridine rings is 1. The Bertz CT molecular complexity index is 977. The molecule has 2 aromatic heterocycles. The SMILES string of the molecule is Cn1nnn(-c2cccc(C3CC3)c2COc2cccc(Br)n2)c1=O. The van der Waals surface area contributed by atoms with Crippen LogP contribution in [-0.2, 0) is 13.7 Å². The molecule has 25 heavy (non-hydrogen) atoms. The highest BCUT2D eigenvalue weighted by Crippen LogP contribution is 2.43. The van der Waals surface area contributed by atoms with Crippen LogP contribution in [0.25, 0.3) is 5.69 Å². The van der Waals surface area contributed by atoms with Gasteiger partial charge < -0.3 is 4.74 Å². The average Bonchev–Trinajstić information content (AvgIpc) is 3.40. The van der Waals surface area contributed by atoms with Gasteiger partial charge in [0.15, 0.2) is 0 Å². The van der Waals surface area contributed by atoms with Gasteiger partial charge in [-0.1, -0.05) is 18.2 Å². The van der Waals surface area contributed by atoms with E-state index in [1.165, 1.54) is 14.9 Å². The van der Waals surface area contributed by atoms with Crippen molar-refractivity contribution in [1.82, 2.24) is 24.8 Å². The zero-order valence-electron chi connectivity index (χ0n) is 13.6. The van der Waals surface area contributed by atoms with Gasteiger partial charge in [-0.15, -0.1) is 0 Å². The Morgan fingerprint density at radius 1 is 1.20 bits per heavy atom. The molecule has 1 aliphatic carbocycles. The van der Waals surface area contributed by atoms with E-state index in [2.05, 4.69) is 37.4 Å². The minimum Gasteiger partial charge on any atom is -0.473 e. The van der Waals surface area contributed by atoms with Crippen molar-refractivity contribution < 1.29 is 4.74 Å². The Morgan fingerprint density at radius 2 is 2.00 bits per heavy atom. The zero-order chi connectivity index (χ0) is 17.4. The van der Waals surface area contributed by atoms with Gasteiger partial charge in [0.1, 0.15) is 11.2 Å².